The molecule has 4 rings (SSSR count). The zero-order valence-electron chi connectivity index (χ0n) is 16.1. The molecule has 0 N–H and O–H groups in total. The van der Waals surface area contributed by atoms with E-state index in [4.69, 9.17) is 13.9 Å². The highest BCUT2D eigenvalue weighted by Crippen LogP contribution is 2.39. The Morgan fingerprint density at radius 1 is 0.933 bits per heavy atom. The fourth-order valence-corrected chi connectivity index (χ4v) is 3.51. The van der Waals surface area contributed by atoms with Gasteiger partial charge in [-0.3, -0.25) is 0 Å². The molecular formula is C24H17BrO5. The molecule has 0 fully saturated rings. The Bertz CT molecular complexity index is 1210. The van der Waals surface area contributed by atoms with Crippen molar-refractivity contribution in [3.05, 3.63) is 88.4 Å². The number of furan rings is 1. The van der Waals surface area contributed by atoms with Crippen LogP contribution in [0.4, 0.5) is 0 Å². The van der Waals surface area contributed by atoms with E-state index in [1.807, 2.05) is 36.4 Å². The maximum absolute atomic E-state index is 12.8. The number of hydrogen-bond donors (Lipinski definition) is 0. The Morgan fingerprint density at radius 3 is 2.27 bits per heavy atom. The Labute approximate surface area is 181 Å². The van der Waals surface area contributed by atoms with Crippen LogP contribution in [0.15, 0.2) is 81.7 Å². The van der Waals surface area contributed by atoms with Gasteiger partial charge in [-0.05, 0) is 47.1 Å². The van der Waals surface area contributed by atoms with Crippen LogP contribution in [0.3, 0.4) is 0 Å². The number of ether oxygens (including phenoxy) is 2. The number of carbonyl (C=O) groups excluding carboxylic acids is 2. The third-order valence-electron chi connectivity index (χ3n) is 4.47. The quantitative estimate of drug-likeness (QED) is 0.257. The van der Waals surface area contributed by atoms with Crippen molar-refractivity contribution in [3.63, 3.8) is 0 Å². The van der Waals surface area contributed by atoms with Gasteiger partial charge in [-0.25, -0.2) is 9.59 Å². The maximum Gasteiger partial charge on any atom is 0.343 e. The summed E-state index contributed by atoms with van der Waals surface area (Å²) in [5, 5.41) is 0.506. The van der Waals surface area contributed by atoms with Crippen LogP contribution in [0.25, 0.3) is 22.3 Å². The lowest BCUT2D eigenvalue weighted by atomic mass is 10.1. The minimum absolute atomic E-state index is 0.228. The monoisotopic (exact) mass is 464 g/mol. The number of esters is 2. The van der Waals surface area contributed by atoms with Gasteiger partial charge in [0, 0.05) is 10.9 Å². The van der Waals surface area contributed by atoms with E-state index in [0.29, 0.717) is 32.3 Å². The predicted octanol–water partition coefficient (Wildman–Crippen LogP) is 6.26. The van der Waals surface area contributed by atoms with E-state index in [1.165, 1.54) is 0 Å². The molecule has 0 unspecified atom stereocenters. The summed E-state index contributed by atoms with van der Waals surface area (Å²) >= 11 is 3.42. The molecule has 0 radical (unpaired) electrons. The molecular weight excluding hydrogens is 448 g/mol. The maximum atomic E-state index is 12.8. The molecule has 0 spiro atoms. The Kier molecular flexibility index (Phi) is 5.68. The zero-order valence-corrected chi connectivity index (χ0v) is 17.6. The molecule has 3 aromatic carbocycles. The Hall–Kier alpha value is -3.38. The van der Waals surface area contributed by atoms with Crippen molar-refractivity contribution in [3.8, 4) is 17.1 Å². The third kappa shape index (κ3) is 3.86. The number of carbonyl (C=O) groups is 2. The summed E-state index contributed by atoms with van der Waals surface area (Å²) in [6, 6.07) is 21.3. The number of fused-ring (bicyclic) bond motifs is 1. The van der Waals surface area contributed by atoms with E-state index in [9.17, 15) is 9.59 Å². The molecule has 0 aliphatic heterocycles. The summed E-state index contributed by atoms with van der Waals surface area (Å²) in [5.41, 5.74) is 1.94. The lowest BCUT2D eigenvalue weighted by Crippen LogP contribution is -2.09. The molecule has 0 amide bonds. The van der Waals surface area contributed by atoms with Crippen LogP contribution in [-0.2, 0) is 4.74 Å². The highest BCUT2D eigenvalue weighted by Gasteiger charge is 2.25. The van der Waals surface area contributed by atoms with Crippen LogP contribution in [0.1, 0.15) is 27.6 Å². The molecule has 1 heterocycles. The second kappa shape index (κ2) is 8.55. The molecule has 0 saturated heterocycles. The summed E-state index contributed by atoms with van der Waals surface area (Å²) < 4.78 is 17.4. The first kappa shape index (κ1) is 19.9. The van der Waals surface area contributed by atoms with E-state index >= 15 is 0 Å². The van der Waals surface area contributed by atoms with Crippen molar-refractivity contribution < 1.29 is 23.5 Å². The van der Waals surface area contributed by atoms with E-state index in [1.54, 1.807) is 43.3 Å². The first-order valence-electron chi connectivity index (χ1n) is 9.34. The van der Waals surface area contributed by atoms with Gasteiger partial charge in [-0.15, -0.1) is 0 Å². The minimum Gasteiger partial charge on any atom is -0.462 e. The third-order valence-corrected chi connectivity index (χ3v) is 5.09. The SMILES string of the molecule is CCOC(=O)c1c(-c2ccccc2)oc2cc(Br)c(OC(=O)c3ccccc3)cc12. The first-order chi connectivity index (χ1) is 14.6. The molecule has 0 bridgehead atoms. The molecule has 1 aromatic heterocycles. The Morgan fingerprint density at radius 2 is 1.60 bits per heavy atom. The summed E-state index contributed by atoms with van der Waals surface area (Å²) in [6.07, 6.45) is 0. The number of hydrogen-bond acceptors (Lipinski definition) is 5. The lowest BCUT2D eigenvalue weighted by molar-refractivity contribution is 0.0528. The van der Waals surface area contributed by atoms with Gasteiger partial charge in [-0.1, -0.05) is 48.5 Å². The van der Waals surface area contributed by atoms with Crippen LogP contribution < -0.4 is 4.74 Å². The zero-order chi connectivity index (χ0) is 21.1. The van der Waals surface area contributed by atoms with Crippen molar-refractivity contribution in [2.24, 2.45) is 0 Å². The fraction of sp³-hybridized carbons (Fsp3) is 0.0833. The standard InChI is InChI=1S/C24H17BrO5/c1-2-28-24(27)21-17-13-20(30-23(26)16-11-7-4-8-12-16)18(25)14-19(17)29-22(21)15-9-5-3-6-10-15/h3-14H,2H2,1H3. The summed E-state index contributed by atoms with van der Waals surface area (Å²) in [4.78, 5) is 25.2. The topological polar surface area (TPSA) is 65.7 Å². The Balaban J connectivity index is 1.83. The van der Waals surface area contributed by atoms with Crippen molar-refractivity contribution in [2.45, 2.75) is 6.92 Å². The van der Waals surface area contributed by atoms with Gasteiger partial charge in [0.25, 0.3) is 0 Å². The number of rotatable bonds is 5. The van der Waals surface area contributed by atoms with Crippen molar-refractivity contribution >= 4 is 38.8 Å². The average Bonchev–Trinajstić information content (AvgIpc) is 3.13. The highest BCUT2D eigenvalue weighted by molar-refractivity contribution is 9.10. The van der Waals surface area contributed by atoms with E-state index in [0.717, 1.165) is 5.56 Å². The van der Waals surface area contributed by atoms with Gasteiger partial charge in [0.2, 0.25) is 0 Å². The second-order valence-electron chi connectivity index (χ2n) is 6.43. The van der Waals surface area contributed by atoms with Gasteiger partial charge in [0.05, 0.1) is 16.6 Å². The van der Waals surface area contributed by atoms with E-state index < -0.39 is 11.9 Å². The smallest absolute Gasteiger partial charge is 0.343 e. The molecule has 0 aliphatic rings. The first-order valence-corrected chi connectivity index (χ1v) is 10.1. The second-order valence-corrected chi connectivity index (χ2v) is 7.28. The molecule has 5 nitrogen and oxygen atoms in total. The normalized spacial score (nSPS) is 10.7. The van der Waals surface area contributed by atoms with Gasteiger partial charge in [0.15, 0.2) is 0 Å². The van der Waals surface area contributed by atoms with Crippen molar-refractivity contribution in [2.75, 3.05) is 6.61 Å². The van der Waals surface area contributed by atoms with Gasteiger partial charge < -0.3 is 13.9 Å². The molecule has 4 aromatic rings. The summed E-state index contributed by atoms with van der Waals surface area (Å²) in [6.45, 7) is 1.97. The lowest BCUT2D eigenvalue weighted by Gasteiger charge is -2.07. The van der Waals surface area contributed by atoms with Crippen LogP contribution in [0.5, 0.6) is 5.75 Å². The van der Waals surface area contributed by atoms with Crippen molar-refractivity contribution in [1.82, 2.24) is 0 Å². The average molecular weight is 465 g/mol. The fourth-order valence-electron chi connectivity index (χ4n) is 3.11. The molecule has 6 heteroatoms. The highest BCUT2D eigenvalue weighted by atomic mass is 79.9. The largest absolute Gasteiger partial charge is 0.462 e. The van der Waals surface area contributed by atoms with E-state index in [-0.39, 0.29) is 12.4 Å². The summed E-state index contributed by atoms with van der Waals surface area (Å²) in [7, 11) is 0. The molecule has 0 saturated carbocycles. The van der Waals surface area contributed by atoms with Crippen LogP contribution in [0.2, 0.25) is 0 Å². The van der Waals surface area contributed by atoms with Crippen LogP contribution >= 0.6 is 15.9 Å². The van der Waals surface area contributed by atoms with Crippen LogP contribution in [0, 0.1) is 0 Å². The minimum atomic E-state index is -0.502. The number of benzene rings is 3. The van der Waals surface area contributed by atoms with Crippen molar-refractivity contribution in [1.29, 1.82) is 0 Å². The van der Waals surface area contributed by atoms with Gasteiger partial charge >= 0.3 is 11.9 Å². The number of halogens is 1. The summed E-state index contributed by atoms with van der Waals surface area (Å²) in [5.74, 6) is -0.317. The molecule has 150 valence electrons. The molecule has 0 atom stereocenters. The predicted molar refractivity (Wildman–Crippen MR) is 117 cm³/mol. The van der Waals surface area contributed by atoms with Gasteiger partial charge in [0.1, 0.15) is 22.7 Å². The van der Waals surface area contributed by atoms with Gasteiger partial charge in [-0.2, -0.15) is 0 Å². The van der Waals surface area contributed by atoms with Crippen LogP contribution in [-0.4, -0.2) is 18.5 Å². The van der Waals surface area contributed by atoms with E-state index in [2.05, 4.69) is 15.9 Å². The molecule has 0 aliphatic carbocycles. The molecule has 30 heavy (non-hydrogen) atoms.